The highest BCUT2D eigenvalue weighted by Gasteiger charge is 2.29. The molecule has 0 bridgehead atoms. The van der Waals surface area contributed by atoms with Gasteiger partial charge in [0, 0.05) is 13.0 Å². The summed E-state index contributed by atoms with van der Waals surface area (Å²) in [5.74, 6) is 1.18. The molecule has 2 rings (SSSR count). The van der Waals surface area contributed by atoms with Crippen molar-refractivity contribution < 1.29 is 9.53 Å². The highest BCUT2D eigenvalue weighted by atomic mass is 16.5. The van der Waals surface area contributed by atoms with Crippen LogP contribution in [0.2, 0.25) is 0 Å². The zero-order valence-electron chi connectivity index (χ0n) is 12.0. The normalized spacial score (nSPS) is 18.4. The number of para-hydroxylation sites is 1. The van der Waals surface area contributed by atoms with Crippen molar-refractivity contribution in [2.24, 2.45) is 5.92 Å². The van der Waals surface area contributed by atoms with Gasteiger partial charge in [0.15, 0.2) is 0 Å². The van der Waals surface area contributed by atoms with Gasteiger partial charge >= 0.3 is 0 Å². The van der Waals surface area contributed by atoms with Crippen LogP contribution in [0, 0.1) is 17.2 Å². The minimum Gasteiger partial charge on any atom is -0.491 e. The lowest BCUT2D eigenvalue weighted by Crippen LogP contribution is -2.29. The van der Waals surface area contributed by atoms with E-state index in [9.17, 15) is 4.79 Å². The second-order valence-corrected chi connectivity index (χ2v) is 5.41. The van der Waals surface area contributed by atoms with E-state index in [1.54, 1.807) is 4.90 Å². The van der Waals surface area contributed by atoms with Gasteiger partial charge in [0.1, 0.15) is 12.4 Å². The summed E-state index contributed by atoms with van der Waals surface area (Å²) in [6, 6.07) is 10.1. The van der Waals surface area contributed by atoms with Crippen molar-refractivity contribution in [1.29, 1.82) is 5.26 Å². The first-order valence-electron chi connectivity index (χ1n) is 7.01. The highest BCUT2D eigenvalue weighted by Crippen LogP contribution is 2.26. The summed E-state index contributed by atoms with van der Waals surface area (Å²) in [4.78, 5) is 13.4. The minimum absolute atomic E-state index is 0.0531. The minimum atomic E-state index is -0.162. The molecule has 1 aromatic rings. The van der Waals surface area contributed by atoms with Crippen molar-refractivity contribution in [3.05, 3.63) is 29.8 Å². The molecular formula is C16H20N2O2. The molecule has 1 saturated heterocycles. The van der Waals surface area contributed by atoms with Crippen LogP contribution in [0.3, 0.4) is 0 Å². The lowest BCUT2D eigenvalue weighted by atomic mass is 10.0. The maximum atomic E-state index is 11.7. The van der Waals surface area contributed by atoms with Crippen LogP contribution >= 0.6 is 0 Å². The number of benzene rings is 1. The molecule has 1 aromatic carbocycles. The SMILES string of the molecule is CC(C)c1ccccc1OCCN1CC(C#N)CC1=O. The van der Waals surface area contributed by atoms with E-state index in [2.05, 4.69) is 26.0 Å². The average Bonchev–Trinajstić information content (AvgIpc) is 2.80. The molecule has 0 aliphatic carbocycles. The molecule has 4 heteroatoms. The van der Waals surface area contributed by atoms with Crippen LogP contribution in [0.1, 0.15) is 31.7 Å². The van der Waals surface area contributed by atoms with E-state index in [1.807, 2.05) is 18.2 Å². The Balaban J connectivity index is 1.88. The molecule has 1 aliphatic rings. The van der Waals surface area contributed by atoms with Crippen LogP contribution in [-0.2, 0) is 4.79 Å². The van der Waals surface area contributed by atoms with Crippen molar-refractivity contribution in [3.63, 3.8) is 0 Å². The zero-order chi connectivity index (χ0) is 14.5. The predicted molar refractivity (Wildman–Crippen MR) is 76.3 cm³/mol. The Labute approximate surface area is 120 Å². The van der Waals surface area contributed by atoms with E-state index in [0.717, 1.165) is 5.75 Å². The van der Waals surface area contributed by atoms with E-state index < -0.39 is 0 Å². The maximum absolute atomic E-state index is 11.7. The Kier molecular flexibility index (Phi) is 4.62. The summed E-state index contributed by atoms with van der Waals surface area (Å²) in [7, 11) is 0. The van der Waals surface area contributed by atoms with Gasteiger partial charge in [-0.15, -0.1) is 0 Å². The van der Waals surface area contributed by atoms with Gasteiger partial charge in [0.05, 0.1) is 18.5 Å². The fourth-order valence-electron chi connectivity index (χ4n) is 2.43. The Hall–Kier alpha value is -2.02. The molecule has 1 amide bonds. The summed E-state index contributed by atoms with van der Waals surface area (Å²) < 4.78 is 5.80. The van der Waals surface area contributed by atoms with Gasteiger partial charge in [-0.25, -0.2) is 0 Å². The molecule has 1 heterocycles. The summed E-state index contributed by atoms with van der Waals surface area (Å²) >= 11 is 0. The maximum Gasteiger partial charge on any atom is 0.224 e. The van der Waals surface area contributed by atoms with E-state index in [1.165, 1.54) is 5.56 Å². The topological polar surface area (TPSA) is 53.3 Å². The zero-order valence-corrected chi connectivity index (χ0v) is 12.0. The summed E-state index contributed by atoms with van der Waals surface area (Å²) in [6.07, 6.45) is 0.346. The smallest absolute Gasteiger partial charge is 0.224 e. The molecule has 0 spiro atoms. The molecule has 20 heavy (non-hydrogen) atoms. The number of likely N-dealkylation sites (tertiary alicyclic amines) is 1. The van der Waals surface area contributed by atoms with Gasteiger partial charge in [-0.1, -0.05) is 32.0 Å². The molecule has 106 valence electrons. The molecule has 0 N–H and O–H groups in total. The highest BCUT2D eigenvalue weighted by molar-refractivity contribution is 5.79. The van der Waals surface area contributed by atoms with Gasteiger partial charge in [-0.2, -0.15) is 5.26 Å². The van der Waals surface area contributed by atoms with Crippen LogP contribution < -0.4 is 4.74 Å². The molecule has 0 radical (unpaired) electrons. The Bertz CT molecular complexity index is 519. The van der Waals surface area contributed by atoms with Gasteiger partial charge in [-0.05, 0) is 17.5 Å². The van der Waals surface area contributed by atoms with Crippen molar-refractivity contribution in [1.82, 2.24) is 4.90 Å². The number of ether oxygens (including phenoxy) is 1. The first-order valence-corrected chi connectivity index (χ1v) is 7.01. The molecule has 4 nitrogen and oxygen atoms in total. The third-order valence-electron chi connectivity index (χ3n) is 3.56. The van der Waals surface area contributed by atoms with Gasteiger partial charge in [0.25, 0.3) is 0 Å². The van der Waals surface area contributed by atoms with Crippen molar-refractivity contribution in [3.8, 4) is 11.8 Å². The van der Waals surface area contributed by atoms with Crippen LogP contribution in [0.15, 0.2) is 24.3 Å². The third kappa shape index (κ3) is 3.30. The molecule has 0 aromatic heterocycles. The van der Waals surface area contributed by atoms with Crippen LogP contribution in [-0.4, -0.2) is 30.5 Å². The first kappa shape index (κ1) is 14.4. The lowest BCUT2D eigenvalue weighted by molar-refractivity contribution is -0.128. The fraction of sp³-hybridized carbons (Fsp3) is 0.500. The largest absolute Gasteiger partial charge is 0.491 e. The molecule has 1 unspecified atom stereocenters. The quantitative estimate of drug-likeness (QED) is 0.827. The van der Waals surface area contributed by atoms with Crippen molar-refractivity contribution >= 4 is 5.91 Å². The van der Waals surface area contributed by atoms with Gasteiger partial charge in [-0.3, -0.25) is 4.79 Å². The number of hydrogen-bond donors (Lipinski definition) is 0. The van der Waals surface area contributed by atoms with Gasteiger partial charge < -0.3 is 9.64 Å². The Morgan fingerprint density at radius 3 is 2.85 bits per heavy atom. The lowest BCUT2D eigenvalue weighted by Gasteiger charge is -2.18. The van der Waals surface area contributed by atoms with E-state index in [0.29, 0.717) is 32.0 Å². The number of nitriles is 1. The van der Waals surface area contributed by atoms with Crippen LogP contribution in [0.5, 0.6) is 5.75 Å². The van der Waals surface area contributed by atoms with Crippen molar-refractivity contribution in [2.75, 3.05) is 19.7 Å². The monoisotopic (exact) mass is 272 g/mol. The van der Waals surface area contributed by atoms with Crippen molar-refractivity contribution in [2.45, 2.75) is 26.2 Å². The molecule has 1 aliphatic heterocycles. The van der Waals surface area contributed by atoms with E-state index in [-0.39, 0.29) is 11.8 Å². The summed E-state index contributed by atoms with van der Waals surface area (Å²) in [6.45, 7) is 5.80. The fourth-order valence-corrected chi connectivity index (χ4v) is 2.43. The van der Waals surface area contributed by atoms with Gasteiger partial charge in [0.2, 0.25) is 5.91 Å². The number of amides is 1. The molecule has 1 fully saturated rings. The number of carbonyl (C=O) groups is 1. The molecular weight excluding hydrogens is 252 g/mol. The number of rotatable bonds is 5. The second kappa shape index (κ2) is 6.42. The first-order chi connectivity index (χ1) is 9.61. The van der Waals surface area contributed by atoms with E-state index >= 15 is 0 Å². The summed E-state index contributed by atoms with van der Waals surface area (Å²) in [5, 5.41) is 8.84. The summed E-state index contributed by atoms with van der Waals surface area (Å²) in [5.41, 5.74) is 1.18. The number of hydrogen-bond acceptors (Lipinski definition) is 3. The Morgan fingerprint density at radius 2 is 2.20 bits per heavy atom. The third-order valence-corrected chi connectivity index (χ3v) is 3.56. The number of carbonyl (C=O) groups excluding carboxylic acids is 1. The Morgan fingerprint density at radius 1 is 1.45 bits per heavy atom. The second-order valence-electron chi connectivity index (χ2n) is 5.41. The number of nitrogens with zero attached hydrogens (tertiary/aromatic N) is 2. The average molecular weight is 272 g/mol. The standard InChI is InChI=1S/C16H20N2O2/c1-12(2)14-5-3-4-6-15(14)20-8-7-18-11-13(10-17)9-16(18)19/h3-6,12-13H,7-9,11H2,1-2H3. The molecule has 1 atom stereocenters. The van der Waals surface area contributed by atoms with Crippen LogP contribution in [0.4, 0.5) is 0 Å². The predicted octanol–water partition coefficient (Wildman–Crippen LogP) is 2.56. The van der Waals surface area contributed by atoms with Crippen LogP contribution in [0.25, 0.3) is 0 Å². The molecule has 0 saturated carbocycles. The van der Waals surface area contributed by atoms with E-state index in [4.69, 9.17) is 10.00 Å².